The van der Waals surface area contributed by atoms with E-state index in [-0.39, 0.29) is 17.8 Å². The van der Waals surface area contributed by atoms with Crippen LogP contribution >= 0.6 is 0 Å². The third-order valence-corrected chi connectivity index (χ3v) is 6.75. The van der Waals surface area contributed by atoms with Crippen molar-refractivity contribution >= 4 is 45.7 Å². The van der Waals surface area contributed by atoms with Crippen LogP contribution in [-0.2, 0) is 11.2 Å². The second-order valence-corrected chi connectivity index (χ2v) is 9.57. The highest BCUT2D eigenvalue weighted by atomic mass is 19.1. The average Bonchev–Trinajstić information content (AvgIpc) is 3.41. The quantitative estimate of drug-likeness (QED) is 0.158. The Balaban J connectivity index is 1.32. The summed E-state index contributed by atoms with van der Waals surface area (Å²) in [6.07, 6.45) is 2.06. The van der Waals surface area contributed by atoms with E-state index < -0.39 is 29.6 Å². The molecule has 1 aromatic heterocycles. The normalized spacial score (nSPS) is 11.5. The number of nitrogens with two attached hydrogens (primary N) is 1. The number of nitrogens with one attached hydrogen (secondary N) is 4. The van der Waals surface area contributed by atoms with Crippen LogP contribution in [0.2, 0.25) is 0 Å². The van der Waals surface area contributed by atoms with Crippen LogP contribution in [0.1, 0.15) is 26.3 Å². The molecule has 0 unspecified atom stereocenters. The maximum Gasteiger partial charge on any atom is 0.255 e. The van der Waals surface area contributed by atoms with E-state index in [4.69, 9.17) is 10.5 Å². The number of nitrogen functional groups attached to an aromatic ring is 1. The predicted molar refractivity (Wildman–Crippen MR) is 160 cm³/mol. The number of para-hydroxylation sites is 1. The minimum absolute atomic E-state index is 0.102. The highest BCUT2D eigenvalue weighted by Crippen LogP contribution is 2.22. The number of hydrogen-bond acceptors (Lipinski definition) is 5. The number of fused-ring (bicyclic) bond motifs is 1. The predicted octanol–water partition coefficient (Wildman–Crippen LogP) is 5.13. The summed E-state index contributed by atoms with van der Waals surface area (Å²) in [5.74, 6) is -1.19. The summed E-state index contributed by atoms with van der Waals surface area (Å²) in [7, 11) is 1.54. The van der Waals surface area contributed by atoms with Crippen molar-refractivity contribution in [3.05, 3.63) is 120 Å². The summed E-state index contributed by atoms with van der Waals surface area (Å²) in [6.45, 7) is 0. The number of carbonyl (C=O) groups excluding carboxylic acids is 3. The van der Waals surface area contributed by atoms with E-state index in [0.717, 1.165) is 22.5 Å². The van der Waals surface area contributed by atoms with Gasteiger partial charge in [-0.1, -0.05) is 18.2 Å². The largest absolute Gasteiger partial charge is 0.497 e. The van der Waals surface area contributed by atoms with Gasteiger partial charge in [-0.15, -0.1) is 0 Å². The minimum atomic E-state index is -0.914. The van der Waals surface area contributed by atoms with Gasteiger partial charge >= 0.3 is 0 Å². The first-order valence-electron chi connectivity index (χ1n) is 13.1. The Morgan fingerprint density at radius 2 is 1.57 bits per heavy atom. The van der Waals surface area contributed by atoms with E-state index in [2.05, 4.69) is 20.9 Å². The number of ether oxygens (including phenoxy) is 1. The molecule has 0 spiro atoms. The van der Waals surface area contributed by atoms with Crippen LogP contribution < -0.4 is 26.4 Å². The minimum Gasteiger partial charge on any atom is -0.497 e. The number of anilines is 3. The second-order valence-electron chi connectivity index (χ2n) is 9.57. The maximum absolute atomic E-state index is 13.5. The molecule has 9 nitrogen and oxygen atoms in total. The van der Waals surface area contributed by atoms with Gasteiger partial charge in [0.2, 0.25) is 5.91 Å². The van der Waals surface area contributed by atoms with E-state index >= 15 is 0 Å². The molecule has 1 heterocycles. The molecule has 212 valence electrons. The van der Waals surface area contributed by atoms with Crippen molar-refractivity contribution in [2.75, 3.05) is 23.5 Å². The van der Waals surface area contributed by atoms with Gasteiger partial charge in [-0.2, -0.15) is 0 Å². The van der Waals surface area contributed by atoms with Gasteiger partial charge in [0.15, 0.2) is 0 Å². The number of aromatic amines is 1. The fourth-order valence-corrected chi connectivity index (χ4v) is 4.49. The summed E-state index contributed by atoms with van der Waals surface area (Å²) in [6, 6.07) is 23.3. The van der Waals surface area contributed by atoms with Gasteiger partial charge in [0.05, 0.1) is 18.5 Å². The molecule has 4 aromatic carbocycles. The van der Waals surface area contributed by atoms with Crippen molar-refractivity contribution in [1.29, 1.82) is 0 Å². The third-order valence-electron chi connectivity index (χ3n) is 6.75. The summed E-state index contributed by atoms with van der Waals surface area (Å²) < 4.78 is 18.5. The number of benzene rings is 4. The van der Waals surface area contributed by atoms with Crippen LogP contribution in [0.4, 0.5) is 21.5 Å². The highest BCUT2D eigenvalue weighted by molar-refractivity contribution is 6.06. The van der Waals surface area contributed by atoms with E-state index in [1.54, 1.807) is 36.4 Å². The monoisotopic (exact) mass is 565 g/mol. The van der Waals surface area contributed by atoms with E-state index in [1.165, 1.54) is 31.4 Å². The lowest BCUT2D eigenvalue weighted by Crippen LogP contribution is -2.45. The number of hydrogen-bond donors (Lipinski definition) is 5. The number of halogens is 1. The molecule has 0 aliphatic carbocycles. The van der Waals surface area contributed by atoms with Crippen LogP contribution in [0.5, 0.6) is 5.75 Å². The van der Waals surface area contributed by atoms with Crippen LogP contribution in [0.15, 0.2) is 97.2 Å². The fourth-order valence-electron chi connectivity index (χ4n) is 4.49. The van der Waals surface area contributed by atoms with Crippen molar-refractivity contribution in [3.63, 3.8) is 0 Å². The number of carbonyl (C=O) groups is 3. The van der Waals surface area contributed by atoms with Crippen molar-refractivity contribution in [2.24, 2.45) is 0 Å². The van der Waals surface area contributed by atoms with Gasteiger partial charge in [0.25, 0.3) is 11.8 Å². The average molecular weight is 566 g/mol. The van der Waals surface area contributed by atoms with E-state index in [0.29, 0.717) is 22.6 Å². The Hall–Kier alpha value is -5.64. The molecular formula is C32H28FN5O4. The standard InChI is InChI=1S/C32H28FN5O4/c1-42-24-13-8-20(9-14-24)31(40)38-29(16-21-18-35-27-5-3-2-4-25(21)27)32(41)36-23-11-6-19(7-12-23)30(39)37-28-15-10-22(33)17-26(28)34/h2-15,17-18,29,35H,16,34H2,1H3,(H,36,41)(H,37,39)(H,38,40)/t29-/m0/s1. The van der Waals surface area contributed by atoms with Crippen molar-refractivity contribution < 1.29 is 23.5 Å². The van der Waals surface area contributed by atoms with Gasteiger partial charge in [-0.05, 0) is 78.4 Å². The second kappa shape index (κ2) is 12.3. The van der Waals surface area contributed by atoms with Gasteiger partial charge in [0, 0.05) is 40.3 Å². The zero-order chi connectivity index (χ0) is 29.6. The topological polar surface area (TPSA) is 138 Å². The van der Waals surface area contributed by atoms with Gasteiger partial charge in [-0.25, -0.2) is 4.39 Å². The number of rotatable bonds is 9. The Bertz CT molecular complexity index is 1750. The number of amides is 3. The van der Waals surface area contributed by atoms with Crippen LogP contribution in [0.25, 0.3) is 10.9 Å². The Labute approximate surface area is 240 Å². The molecule has 0 aliphatic heterocycles. The summed E-state index contributed by atoms with van der Waals surface area (Å²) >= 11 is 0. The van der Waals surface area contributed by atoms with Gasteiger partial charge < -0.3 is 31.4 Å². The number of H-pyrrole nitrogens is 1. The van der Waals surface area contributed by atoms with Crippen molar-refractivity contribution in [3.8, 4) is 5.75 Å². The molecule has 42 heavy (non-hydrogen) atoms. The molecule has 0 radical (unpaired) electrons. The molecule has 6 N–H and O–H groups in total. The molecule has 0 aliphatic rings. The molecule has 1 atom stereocenters. The lowest BCUT2D eigenvalue weighted by Gasteiger charge is -2.19. The van der Waals surface area contributed by atoms with Crippen molar-refractivity contribution in [2.45, 2.75) is 12.5 Å². The van der Waals surface area contributed by atoms with E-state index in [9.17, 15) is 18.8 Å². The smallest absolute Gasteiger partial charge is 0.255 e. The maximum atomic E-state index is 13.5. The van der Waals surface area contributed by atoms with Crippen molar-refractivity contribution in [1.82, 2.24) is 10.3 Å². The number of aromatic nitrogens is 1. The molecule has 5 aromatic rings. The Morgan fingerprint density at radius 3 is 2.29 bits per heavy atom. The van der Waals surface area contributed by atoms with Gasteiger partial charge in [-0.3, -0.25) is 14.4 Å². The molecule has 0 saturated heterocycles. The lowest BCUT2D eigenvalue weighted by molar-refractivity contribution is -0.118. The highest BCUT2D eigenvalue weighted by Gasteiger charge is 2.24. The van der Waals surface area contributed by atoms with Crippen LogP contribution in [0, 0.1) is 5.82 Å². The van der Waals surface area contributed by atoms with Crippen LogP contribution in [0.3, 0.4) is 0 Å². The molecule has 0 saturated carbocycles. The third kappa shape index (κ3) is 6.39. The first-order valence-corrected chi connectivity index (χ1v) is 13.1. The molecular weight excluding hydrogens is 537 g/mol. The number of methoxy groups -OCH3 is 1. The molecule has 0 bridgehead atoms. The first kappa shape index (κ1) is 27.9. The zero-order valence-corrected chi connectivity index (χ0v) is 22.6. The lowest BCUT2D eigenvalue weighted by atomic mass is 10.0. The Morgan fingerprint density at radius 1 is 0.881 bits per heavy atom. The molecule has 3 amide bonds. The first-order chi connectivity index (χ1) is 20.3. The molecule has 0 fully saturated rings. The van der Waals surface area contributed by atoms with Gasteiger partial charge in [0.1, 0.15) is 17.6 Å². The van der Waals surface area contributed by atoms with E-state index in [1.807, 2.05) is 30.5 Å². The SMILES string of the molecule is COc1ccc(C(=O)N[C@@H](Cc2c[nH]c3ccccc23)C(=O)Nc2ccc(C(=O)Nc3ccc(F)cc3N)cc2)cc1. The summed E-state index contributed by atoms with van der Waals surface area (Å²) in [4.78, 5) is 42.5. The zero-order valence-electron chi connectivity index (χ0n) is 22.6. The molecule has 5 rings (SSSR count). The Kier molecular flexibility index (Phi) is 8.14. The summed E-state index contributed by atoms with van der Waals surface area (Å²) in [5.41, 5.74) is 9.07. The fraction of sp³-hybridized carbons (Fsp3) is 0.0938. The van der Waals surface area contributed by atoms with Crippen LogP contribution in [-0.4, -0.2) is 35.9 Å². The summed E-state index contributed by atoms with van der Waals surface area (Å²) in [5, 5.41) is 9.27. The molecule has 10 heteroatoms.